The van der Waals surface area contributed by atoms with Gasteiger partial charge in [-0.2, -0.15) is 0 Å². The molecule has 0 aliphatic heterocycles. The number of pyridine rings is 1. The Balaban J connectivity index is 1.53. The zero-order valence-corrected chi connectivity index (χ0v) is 22.7. The molecule has 0 saturated heterocycles. The Hall–Kier alpha value is -4.16. The molecule has 1 amide bonds. The van der Waals surface area contributed by atoms with Gasteiger partial charge < -0.3 is 15.4 Å². The minimum Gasteiger partial charge on any atom is -0.508 e. The third-order valence-electron chi connectivity index (χ3n) is 7.42. The number of halogens is 1. The number of amides is 1. The van der Waals surface area contributed by atoms with Gasteiger partial charge in [0.1, 0.15) is 11.6 Å². The van der Waals surface area contributed by atoms with E-state index in [2.05, 4.69) is 28.8 Å². The quantitative estimate of drug-likeness (QED) is 0.162. The number of aliphatic hydroxyl groups excluding tert-OH is 1. The van der Waals surface area contributed by atoms with Gasteiger partial charge in [0.05, 0.1) is 22.5 Å². The summed E-state index contributed by atoms with van der Waals surface area (Å²) in [5.41, 5.74) is 4.45. The van der Waals surface area contributed by atoms with Crippen LogP contribution in [0.5, 0.6) is 0 Å². The number of hydrogen-bond acceptors (Lipinski definition) is 4. The molecule has 0 bridgehead atoms. The van der Waals surface area contributed by atoms with Gasteiger partial charge >= 0.3 is 0 Å². The number of nitrogens with one attached hydrogen (secondary N) is 2. The highest BCUT2D eigenvalue weighted by molar-refractivity contribution is 6.24. The smallest absolute Gasteiger partial charge is 0.251 e. The first-order chi connectivity index (χ1) is 18.8. The van der Waals surface area contributed by atoms with Crippen molar-refractivity contribution in [3.63, 3.8) is 0 Å². The van der Waals surface area contributed by atoms with Gasteiger partial charge in [-0.05, 0) is 54.8 Å². The fourth-order valence-corrected chi connectivity index (χ4v) is 5.59. The van der Waals surface area contributed by atoms with Gasteiger partial charge in [-0.1, -0.05) is 62.4 Å². The van der Waals surface area contributed by atoms with Crippen molar-refractivity contribution in [1.82, 2.24) is 20.3 Å². The van der Waals surface area contributed by atoms with Crippen LogP contribution in [0.1, 0.15) is 65.6 Å². The number of para-hydroxylation sites is 2. The highest BCUT2D eigenvalue weighted by atomic mass is 35.5. The maximum atomic E-state index is 13.4. The van der Waals surface area contributed by atoms with E-state index in [1.54, 1.807) is 24.5 Å². The van der Waals surface area contributed by atoms with E-state index in [1.807, 2.05) is 67.6 Å². The maximum Gasteiger partial charge on any atom is 0.251 e. The standard InChI is InChI=1S/C32H31ClN4O2/c1-4-9-26(22-10-8-17-34-19-22)37-31(39)21-15-16-24(23(18-21)20(2)38)32(3)25(11-7-14-29(32)33)30-35-27-12-5-6-13-28(27)36-30/h5-8,10-19,26,29,38H,2,4,9H2,1,3H3,(H,35,36)(H,37,39)/t26?,29-,32?/m0/s1. The molecular weight excluding hydrogens is 508 g/mol. The summed E-state index contributed by atoms with van der Waals surface area (Å²) in [6, 6.07) is 16.8. The lowest BCUT2D eigenvalue weighted by molar-refractivity contribution is 0.0934. The van der Waals surface area contributed by atoms with Gasteiger partial charge in [-0.15, -0.1) is 11.6 Å². The number of benzene rings is 2. The fourth-order valence-electron chi connectivity index (χ4n) is 5.27. The van der Waals surface area contributed by atoms with E-state index in [1.165, 1.54) is 0 Å². The SMILES string of the molecule is C=C(O)c1cc(C(=O)NC(CCC)c2cccnc2)ccc1C1(C)C(c2nc3ccccc3[nH]2)=CC=C[C@@H]1Cl. The normalized spacial score (nSPS) is 19.5. The molecule has 6 nitrogen and oxygen atoms in total. The molecule has 1 aliphatic rings. The molecule has 2 aromatic carbocycles. The maximum absolute atomic E-state index is 13.4. The Labute approximate surface area is 233 Å². The van der Waals surface area contributed by atoms with Crippen LogP contribution in [0, 0.1) is 0 Å². The Morgan fingerprint density at radius 2 is 2.05 bits per heavy atom. The number of alkyl halides is 1. The van der Waals surface area contributed by atoms with Crippen LogP contribution in [0.2, 0.25) is 0 Å². The van der Waals surface area contributed by atoms with Crippen molar-refractivity contribution < 1.29 is 9.90 Å². The molecule has 198 valence electrons. The first kappa shape index (κ1) is 26.4. The summed E-state index contributed by atoms with van der Waals surface area (Å²) in [6.45, 7) is 7.92. The summed E-state index contributed by atoms with van der Waals surface area (Å²) >= 11 is 6.99. The number of H-pyrrole nitrogens is 1. The first-order valence-corrected chi connectivity index (χ1v) is 13.5. The molecule has 4 aromatic rings. The van der Waals surface area contributed by atoms with E-state index in [-0.39, 0.29) is 17.7 Å². The molecule has 5 rings (SSSR count). The third kappa shape index (κ3) is 5.00. The molecule has 1 aliphatic carbocycles. The van der Waals surface area contributed by atoms with Crippen LogP contribution >= 0.6 is 11.6 Å². The number of nitrogens with zero attached hydrogens (tertiary/aromatic N) is 2. The molecular formula is C32H31ClN4O2. The zero-order chi connectivity index (χ0) is 27.6. The van der Waals surface area contributed by atoms with Crippen molar-refractivity contribution in [2.24, 2.45) is 0 Å². The molecule has 2 aromatic heterocycles. The number of imidazole rings is 1. The van der Waals surface area contributed by atoms with E-state index >= 15 is 0 Å². The van der Waals surface area contributed by atoms with Crippen molar-refractivity contribution in [1.29, 1.82) is 0 Å². The van der Waals surface area contributed by atoms with Crippen LogP contribution < -0.4 is 5.32 Å². The van der Waals surface area contributed by atoms with Crippen LogP contribution in [0.15, 0.2) is 91.8 Å². The van der Waals surface area contributed by atoms with Crippen LogP contribution in [0.4, 0.5) is 0 Å². The number of rotatable bonds is 8. The second-order valence-electron chi connectivity index (χ2n) is 9.98. The van der Waals surface area contributed by atoms with E-state index in [0.29, 0.717) is 17.0 Å². The molecule has 0 saturated carbocycles. The Morgan fingerprint density at radius 3 is 2.77 bits per heavy atom. The summed E-state index contributed by atoms with van der Waals surface area (Å²) in [7, 11) is 0. The van der Waals surface area contributed by atoms with Crippen molar-refractivity contribution >= 4 is 39.9 Å². The molecule has 2 heterocycles. The topological polar surface area (TPSA) is 90.9 Å². The zero-order valence-electron chi connectivity index (χ0n) is 22.0. The summed E-state index contributed by atoms with van der Waals surface area (Å²) in [5.74, 6) is 0.319. The molecule has 2 unspecified atom stereocenters. The second kappa shape index (κ2) is 10.9. The Kier molecular flexibility index (Phi) is 7.40. The van der Waals surface area contributed by atoms with Gasteiger partial charge in [0.2, 0.25) is 0 Å². The average molecular weight is 539 g/mol. The average Bonchev–Trinajstić information content (AvgIpc) is 3.38. The van der Waals surface area contributed by atoms with Crippen molar-refractivity contribution in [3.05, 3.63) is 120 Å². The lowest BCUT2D eigenvalue weighted by Gasteiger charge is -2.38. The Bertz CT molecular complexity index is 1560. The van der Waals surface area contributed by atoms with Crippen LogP contribution in [-0.2, 0) is 5.41 Å². The van der Waals surface area contributed by atoms with E-state index in [4.69, 9.17) is 16.6 Å². The van der Waals surface area contributed by atoms with Crippen molar-refractivity contribution in [2.75, 3.05) is 0 Å². The predicted octanol–water partition coefficient (Wildman–Crippen LogP) is 7.28. The fraction of sp³-hybridized carbons (Fsp3) is 0.219. The number of aromatic nitrogens is 3. The highest BCUT2D eigenvalue weighted by Crippen LogP contribution is 2.47. The van der Waals surface area contributed by atoms with Gasteiger partial charge in [-0.3, -0.25) is 9.78 Å². The van der Waals surface area contributed by atoms with Crippen LogP contribution in [0.25, 0.3) is 22.4 Å². The van der Waals surface area contributed by atoms with Gasteiger partial charge in [-0.25, -0.2) is 4.98 Å². The largest absolute Gasteiger partial charge is 0.508 e. The summed E-state index contributed by atoms with van der Waals surface area (Å²) in [5, 5.41) is 13.4. The molecule has 39 heavy (non-hydrogen) atoms. The summed E-state index contributed by atoms with van der Waals surface area (Å²) in [6.07, 6.45) is 11.0. The molecule has 0 spiro atoms. The molecule has 3 N–H and O–H groups in total. The minimum atomic E-state index is -0.777. The Morgan fingerprint density at radius 1 is 1.23 bits per heavy atom. The lowest BCUT2D eigenvalue weighted by atomic mass is 9.68. The number of carbonyl (C=O) groups is 1. The monoisotopic (exact) mass is 538 g/mol. The number of aromatic amines is 1. The second-order valence-corrected chi connectivity index (χ2v) is 10.5. The van der Waals surface area contributed by atoms with E-state index in [9.17, 15) is 9.90 Å². The molecule has 0 radical (unpaired) electrons. The molecule has 3 atom stereocenters. The number of allylic oxidation sites excluding steroid dienone is 4. The van der Waals surface area contributed by atoms with Gasteiger partial charge in [0, 0.05) is 34.5 Å². The first-order valence-electron chi connectivity index (χ1n) is 13.0. The third-order valence-corrected chi connectivity index (χ3v) is 8.00. The van der Waals surface area contributed by atoms with E-state index in [0.717, 1.165) is 40.6 Å². The van der Waals surface area contributed by atoms with E-state index < -0.39 is 10.8 Å². The number of carbonyl (C=O) groups excluding carboxylic acids is 1. The summed E-state index contributed by atoms with van der Waals surface area (Å²) < 4.78 is 0. The van der Waals surface area contributed by atoms with Gasteiger partial charge in [0.25, 0.3) is 5.91 Å². The number of fused-ring (bicyclic) bond motifs is 1. The number of aliphatic hydroxyl groups is 1. The van der Waals surface area contributed by atoms with Crippen LogP contribution in [-0.4, -0.2) is 31.3 Å². The molecule has 7 heteroatoms. The molecule has 0 fully saturated rings. The highest BCUT2D eigenvalue weighted by Gasteiger charge is 2.42. The van der Waals surface area contributed by atoms with Crippen LogP contribution in [0.3, 0.4) is 0 Å². The summed E-state index contributed by atoms with van der Waals surface area (Å²) in [4.78, 5) is 25.8. The van der Waals surface area contributed by atoms with Crippen molar-refractivity contribution in [3.8, 4) is 0 Å². The van der Waals surface area contributed by atoms with Crippen molar-refractivity contribution in [2.45, 2.75) is 43.5 Å². The lowest BCUT2D eigenvalue weighted by Crippen LogP contribution is -2.36. The van der Waals surface area contributed by atoms with Gasteiger partial charge in [0.15, 0.2) is 0 Å². The minimum absolute atomic E-state index is 0.138. The predicted molar refractivity (Wildman–Crippen MR) is 158 cm³/mol. The number of hydrogen-bond donors (Lipinski definition) is 3.